The fourth-order valence-electron chi connectivity index (χ4n) is 1.66. The second-order valence-corrected chi connectivity index (χ2v) is 4.88. The van der Waals surface area contributed by atoms with Crippen LogP contribution < -0.4 is 4.74 Å². The Balaban J connectivity index is 2.31. The Morgan fingerprint density at radius 3 is 2.26 bits per heavy atom. The lowest BCUT2D eigenvalue weighted by Crippen LogP contribution is -2.04. The molecule has 0 radical (unpaired) electrons. The van der Waals surface area contributed by atoms with E-state index in [9.17, 15) is 9.59 Å². The zero-order chi connectivity index (χ0) is 13.8. The van der Waals surface area contributed by atoms with Crippen molar-refractivity contribution in [3.05, 3.63) is 64.1 Å². The molecule has 19 heavy (non-hydrogen) atoms. The van der Waals surface area contributed by atoms with Crippen molar-refractivity contribution in [1.29, 1.82) is 0 Å². The maximum Gasteiger partial charge on any atom is 0.308 e. The van der Waals surface area contributed by atoms with Crippen LogP contribution in [-0.4, -0.2) is 11.8 Å². The van der Waals surface area contributed by atoms with Gasteiger partial charge in [-0.3, -0.25) is 9.59 Å². The van der Waals surface area contributed by atoms with Gasteiger partial charge in [-0.15, -0.1) is 0 Å². The first-order chi connectivity index (χ1) is 9.06. The molecule has 0 saturated heterocycles. The molecule has 0 aliphatic rings. The van der Waals surface area contributed by atoms with Crippen LogP contribution in [0, 0.1) is 0 Å². The smallest absolute Gasteiger partial charge is 0.308 e. The van der Waals surface area contributed by atoms with Gasteiger partial charge < -0.3 is 4.74 Å². The van der Waals surface area contributed by atoms with Gasteiger partial charge in [0, 0.05) is 22.5 Å². The fourth-order valence-corrected chi connectivity index (χ4v) is 2.06. The predicted octanol–water partition coefficient (Wildman–Crippen LogP) is 3.61. The number of halogens is 1. The topological polar surface area (TPSA) is 43.4 Å². The highest BCUT2D eigenvalue weighted by molar-refractivity contribution is 9.10. The molecular weight excluding hydrogens is 308 g/mol. The van der Waals surface area contributed by atoms with E-state index in [2.05, 4.69) is 15.9 Å². The maximum absolute atomic E-state index is 12.3. The Labute approximate surface area is 119 Å². The Bertz CT molecular complexity index is 635. The average molecular weight is 319 g/mol. The number of rotatable bonds is 3. The number of benzene rings is 2. The predicted molar refractivity (Wildman–Crippen MR) is 75.3 cm³/mol. The molecule has 0 spiro atoms. The summed E-state index contributed by atoms with van der Waals surface area (Å²) in [4.78, 5) is 23.2. The minimum Gasteiger partial charge on any atom is -0.427 e. The molecule has 0 fully saturated rings. The number of ketones is 1. The first kappa shape index (κ1) is 13.5. The summed E-state index contributed by atoms with van der Waals surface area (Å²) >= 11 is 3.33. The summed E-state index contributed by atoms with van der Waals surface area (Å²) in [5.74, 6) is -0.157. The van der Waals surface area contributed by atoms with Crippen LogP contribution in [0.1, 0.15) is 22.8 Å². The van der Waals surface area contributed by atoms with Crippen molar-refractivity contribution in [1.82, 2.24) is 0 Å². The third-order valence-electron chi connectivity index (χ3n) is 2.44. The number of hydrogen-bond acceptors (Lipinski definition) is 3. The van der Waals surface area contributed by atoms with Crippen molar-refractivity contribution in [2.75, 3.05) is 0 Å². The summed E-state index contributed by atoms with van der Waals surface area (Å²) in [5, 5.41) is 0. The number of carbonyl (C=O) groups excluding carboxylic acids is 2. The minimum absolute atomic E-state index is 0.115. The third kappa shape index (κ3) is 3.51. The average Bonchev–Trinajstić information content (AvgIpc) is 2.37. The van der Waals surface area contributed by atoms with E-state index in [1.54, 1.807) is 42.5 Å². The summed E-state index contributed by atoms with van der Waals surface area (Å²) in [7, 11) is 0. The van der Waals surface area contributed by atoms with Crippen LogP contribution in [0.15, 0.2) is 53.0 Å². The van der Waals surface area contributed by atoms with Crippen LogP contribution in [0.2, 0.25) is 0 Å². The molecule has 0 heterocycles. The molecule has 3 nitrogen and oxygen atoms in total. The lowest BCUT2D eigenvalue weighted by Gasteiger charge is -2.05. The van der Waals surface area contributed by atoms with Gasteiger partial charge in [0.15, 0.2) is 5.78 Å². The van der Waals surface area contributed by atoms with Crippen LogP contribution in [0.25, 0.3) is 0 Å². The number of carbonyl (C=O) groups is 2. The normalized spacial score (nSPS) is 10.0. The van der Waals surface area contributed by atoms with Crippen molar-refractivity contribution < 1.29 is 14.3 Å². The second-order valence-electron chi connectivity index (χ2n) is 3.96. The van der Waals surface area contributed by atoms with E-state index in [-0.39, 0.29) is 5.78 Å². The van der Waals surface area contributed by atoms with Crippen LogP contribution in [-0.2, 0) is 4.79 Å². The van der Waals surface area contributed by atoms with Crippen LogP contribution in [0.4, 0.5) is 0 Å². The van der Waals surface area contributed by atoms with E-state index >= 15 is 0 Å². The van der Waals surface area contributed by atoms with E-state index in [0.717, 1.165) is 4.47 Å². The molecule has 0 aliphatic heterocycles. The van der Waals surface area contributed by atoms with Gasteiger partial charge in [0.05, 0.1) is 0 Å². The zero-order valence-electron chi connectivity index (χ0n) is 10.2. The molecule has 0 unspecified atom stereocenters. The molecule has 0 atom stereocenters. The molecule has 2 rings (SSSR count). The molecule has 0 saturated carbocycles. The Morgan fingerprint density at radius 2 is 1.63 bits per heavy atom. The molecule has 2 aromatic carbocycles. The molecule has 2 aromatic rings. The molecular formula is C15H11BrO3. The first-order valence-corrected chi connectivity index (χ1v) is 6.44. The molecule has 0 N–H and O–H groups in total. The summed E-state index contributed by atoms with van der Waals surface area (Å²) in [6.07, 6.45) is 0. The zero-order valence-corrected chi connectivity index (χ0v) is 11.8. The van der Waals surface area contributed by atoms with E-state index < -0.39 is 5.97 Å². The maximum atomic E-state index is 12.3. The standard InChI is InChI=1S/C15H11BrO3/c1-10(17)19-14-7-3-5-12(9-14)15(18)11-4-2-6-13(16)8-11/h2-9H,1H3. The number of hydrogen-bond donors (Lipinski definition) is 0. The van der Waals surface area contributed by atoms with Crippen molar-refractivity contribution in [3.8, 4) is 5.75 Å². The van der Waals surface area contributed by atoms with Gasteiger partial charge in [0.2, 0.25) is 0 Å². The largest absolute Gasteiger partial charge is 0.427 e. The van der Waals surface area contributed by atoms with E-state index in [1.165, 1.54) is 6.92 Å². The lowest BCUT2D eigenvalue weighted by atomic mass is 10.0. The fraction of sp³-hybridized carbons (Fsp3) is 0.0667. The second kappa shape index (κ2) is 5.80. The summed E-state index contributed by atoms with van der Waals surface area (Å²) < 4.78 is 5.81. The highest BCUT2D eigenvalue weighted by Gasteiger charge is 2.10. The quantitative estimate of drug-likeness (QED) is 0.493. The number of ether oxygens (including phenoxy) is 1. The lowest BCUT2D eigenvalue weighted by molar-refractivity contribution is -0.131. The monoisotopic (exact) mass is 318 g/mol. The van der Waals surface area contributed by atoms with Gasteiger partial charge in [-0.2, -0.15) is 0 Å². The van der Waals surface area contributed by atoms with Gasteiger partial charge in [-0.05, 0) is 24.3 Å². The Kier molecular flexibility index (Phi) is 4.12. The highest BCUT2D eigenvalue weighted by atomic mass is 79.9. The van der Waals surface area contributed by atoms with E-state index in [4.69, 9.17) is 4.74 Å². The SMILES string of the molecule is CC(=O)Oc1cccc(C(=O)c2cccc(Br)c2)c1. The van der Waals surface area contributed by atoms with Gasteiger partial charge in [-0.1, -0.05) is 40.2 Å². The van der Waals surface area contributed by atoms with Crippen LogP contribution in [0.3, 0.4) is 0 Å². The van der Waals surface area contributed by atoms with Crippen molar-refractivity contribution >= 4 is 27.7 Å². The summed E-state index contributed by atoms with van der Waals surface area (Å²) in [5.41, 5.74) is 1.06. The van der Waals surface area contributed by atoms with Gasteiger partial charge in [-0.25, -0.2) is 0 Å². The first-order valence-electron chi connectivity index (χ1n) is 5.65. The van der Waals surface area contributed by atoms with Crippen molar-refractivity contribution in [3.63, 3.8) is 0 Å². The van der Waals surface area contributed by atoms with Crippen molar-refractivity contribution in [2.24, 2.45) is 0 Å². The minimum atomic E-state index is -0.410. The molecule has 0 bridgehead atoms. The third-order valence-corrected chi connectivity index (χ3v) is 2.94. The van der Waals surface area contributed by atoms with Gasteiger partial charge in [0.1, 0.15) is 5.75 Å². The number of esters is 1. The van der Waals surface area contributed by atoms with E-state index in [0.29, 0.717) is 16.9 Å². The molecule has 4 heteroatoms. The Hall–Kier alpha value is -1.94. The summed E-state index contributed by atoms with van der Waals surface area (Å²) in [6.45, 7) is 1.32. The van der Waals surface area contributed by atoms with Crippen LogP contribution >= 0.6 is 15.9 Å². The highest BCUT2D eigenvalue weighted by Crippen LogP contribution is 2.19. The Morgan fingerprint density at radius 1 is 1.00 bits per heavy atom. The molecule has 96 valence electrons. The van der Waals surface area contributed by atoms with Crippen LogP contribution in [0.5, 0.6) is 5.75 Å². The summed E-state index contributed by atoms with van der Waals surface area (Å²) in [6, 6.07) is 13.7. The van der Waals surface area contributed by atoms with Gasteiger partial charge >= 0.3 is 5.97 Å². The van der Waals surface area contributed by atoms with Gasteiger partial charge in [0.25, 0.3) is 0 Å². The van der Waals surface area contributed by atoms with Crippen molar-refractivity contribution in [2.45, 2.75) is 6.92 Å². The molecule has 0 aliphatic carbocycles. The van der Waals surface area contributed by atoms with E-state index in [1.807, 2.05) is 6.07 Å². The molecule has 0 aromatic heterocycles. The molecule has 0 amide bonds.